The molecule has 0 spiro atoms. The fourth-order valence-corrected chi connectivity index (χ4v) is 5.00. The lowest BCUT2D eigenvalue weighted by molar-refractivity contribution is -0.119. The largest absolute Gasteiger partial charge is 0.353 e. The number of thioether (sulfide) groups is 1. The molecule has 1 N–H and O–H groups in total. The van der Waals surface area contributed by atoms with E-state index in [1.54, 1.807) is 4.57 Å². The van der Waals surface area contributed by atoms with Crippen LogP contribution in [0.15, 0.2) is 76.7 Å². The Morgan fingerprint density at radius 1 is 1.10 bits per heavy atom. The summed E-state index contributed by atoms with van der Waals surface area (Å²) >= 11 is 2.76. The van der Waals surface area contributed by atoms with Gasteiger partial charge >= 0.3 is 0 Å². The van der Waals surface area contributed by atoms with Crippen LogP contribution in [0, 0.1) is 0 Å². The molecular weight excluding hydrogens is 414 g/mol. The molecule has 30 heavy (non-hydrogen) atoms. The number of nitrogens with zero attached hydrogens (tertiary/aromatic N) is 2. The van der Waals surface area contributed by atoms with Crippen molar-refractivity contribution in [3.05, 3.63) is 77.1 Å². The fraction of sp³-hybridized carbons (Fsp3) is 0.174. The van der Waals surface area contributed by atoms with E-state index in [1.165, 1.54) is 23.1 Å². The first-order valence-electron chi connectivity index (χ1n) is 9.62. The van der Waals surface area contributed by atoms with Crippen LogP contribution < -0.4 is 10.9 Å². The van der Waals surface area contributed by atoms with Crippen molar-refractivity contribution < 1.29 is 4.79 Å². The SMILES string of the molecule is CC(C)NC(=O)CSc1nc2sc(-c3ccccc3)cc2c(=O)n1-c1ccccc1. The first kappa shape index (κ1) is 20.4. The lowest BCUT2D eigenvalue weighted by Gasteiger charge is -2.12. The third-order valence-corrected chi connectivity index (χ3v) is 6.41. The minimum atomic E-state index is -0.128. The van der Waals surface area contributed by atoms with Crippen LogP contribution in [0.2, 0.25) is 0 Å². The van der Waals surface area contributed by atoms with Crippen LogP contribution in [-0.4, -0.2) is 27.3 Å². The fourth-order valence-electron chi connectivity index (χ4n) is 3.10. The summed E-state index contributed by atoms with van der Waals surface area (Å²) in [5, 5.41) is 3.97. The van der Waals surface area contributed by atoms with Gasteiger partial charge in [0.15, 0.2) is 5.16 Å². The zero-order valence-electron chi connectivity index (χ0n) is 16.7. The van der Waals surface area contributed by atoms with Crippen LogP contribution in [0.1, 0.15) is 13.8 Å². The van der Waals surface area contributed by atoms with E-state index >= 15 is 0 Å². The number of benzene rings is 2. The molecule has 0 aliphatic rings. The monoisotopic (exact) mass is 435 g/mol. The highest BCUT2D eigenvalue weighted by molar-refractivity contribution is 7.99. The Labute approximate surface area is 182 Å². The van der Waals surface area contributed by atoms with Crippen LogP contribution in [0.3, 0.4) is 0 Å². The van der Waals surface area contributed by atoms with Gasteiger partial charge in [-0.25, -0.2) is 4.98 Å². The maximum absolute atomic E-state index is 13.4. The van der Waals surface area contributed by atoms with Gasteiger partial charge in [0.2, 0.25) is 5.91 Å². The number of para-hydroxylation sites is 1. The Morgan fingerprint density at radius 2 is 1.77 bits per heavy atom. The topological polar surface area (TPSA) is 64.0 Å². The van der Waals surface area contributed by atoms with Crippen LogP contribution in [0.25, 0.3) is 26.3 Å². The highest BCUT2D eigenvalue weighted by Crippen LogP contribution is 2.32. The molecule has 4 rings (SSSR count). The van der Waals surface area contributed by atoms with Crippen LogP contribution in [-0.2, 0) is 4.79 Å². The molecule has 0 saturated heterocycles. The summed E-state index contributed by atoms with van der Waals surface area (Å²) in [7, 11) is 0. The molecule has 4 aromatic rings. The average molecular weight is 436 g/mol. The molecule has 0 saturated carbocycles. The number of thiophene rings is 1. The molecule has 0 aliphatic carbocycles. The predicted octanol–water partition coefficient (Wildman–Crippen LogP) is 4.73. The van der Waals surface area contributed by atoms with Crippen molar-refractivity contribution in [2.45, 2.75) is 25.0 Å². The van der Waals surface area contributed by atoms with E-state index in [2.05, 4.69) is 5.32 Å². The maximum Gasteiger partial charge on any atom is 0.267 e. The van der Waals surface area contributed by atoms with Crippen molar-refractivity contribution in [1.29, 1.82) is 0 Å². The third-order valence-electron chi connectivity index (χ3n) is 4.39. The molecule has 0 aliphatic heterocycles. The number of hydrogen-bond acceptors (Lipinski definition) is 5. The van der Waals surface area contributed by atoms with Crippen LogP contribution in [0.4, 0.5) is 0 Å². The Balaban J connectivity index is 1.81. The summed E-state index contributed by atoms with van der Waals surface area (Å²) in [5.74, 6) is 0.111. The Kier molecular flexibility index (Phi) is 6.01. The van der Waals surface area contributed by atoms with Gasteiger partial charge in [0.1, 0.15) is 4.83 Å². The summed E-state index contributed by atoms with van der Waals surface area (Å²) in [6, 6.07) is 21.3. The lowest BCUT2D eigenvalue weighted by Crippen LogP contribution is -2.31. The predicted molar refractivity (Wildman–Crippen MR) is 125 cm³/mol. The van der Waals surface area contributed by atoms with Gasteiger partial charge in [-0.15, -0.1) is 11.3 Å². The van der Waals surface area contributed by atoms with Crippen LogP contribution in [0.5, 0.6) is 0 Å². The third kappa shape index (κ3) is 4.32. The number of aromatic nitrogens is 2. The number of amides is 1. The summed E-state index contributed by atoms with van der Waals surface area (Å²) in [4.78, 5) is 32.0. The van der Waals surface area contributed by atoms with E-state index in [-0.39, 0.29) is 23.3 Å². The molecule has 2 heterocycles. The molecule has 0 bridgehead atoms. The van der Waals surface area contributed by atoms with Crippen LogP contribution >= 0.6 is 23.1 Å². The quantitative estimate of drug-likeness (QED) is 0.351. The summed E-state index contributed by atoms with van der Waals surface area (Å²) < 4.78 is 1.59. The molecule has 0 radical (unpaired) electrons. The molecule has 2 aromatic carbocycles. The van der Waals surface area contributed by atoms with E-state index in [4.69, 9.17) is 4.98 Å². The van der Waals surface area contributed by atoms with E-state index in [0.717, 1.165) is 16.1 Å². The van der Waals surface area contributed by atoms with Gasteiger partial charge < -0.3 is 5.32 Å². The second kappa shape index (κ2) is 8.85. The minimum Gasteiger partial charge on any atom is -0.353 e. The molecule has 0 atom stereocenters. The first-order valence-corrected chi connectivity index (χ1v) is 11.4. The molecule has 5 nitrogen and oxygen atoms in total. The molecule has 0 fully saturated rings. The van der Waals surface area contributed by atoms with Gasteiger partial charge in [-0.05, 0) is 37.6 Å². The van der Waals surface area contributed by atoms with Crippen molar-refractivity contribution in [2.24, 2.45) is 0 Å². The number of fused-ring (bicyclic) bond motifs is 1. The summed E-state index contributed by atoms with van der Waals surface area (Å²) in [6.45, 7) is 3.84. The summed E-state index contributed by atoms with van der Waals surface area (Å²) in [5.41, 5.74) is 1.66. The smallest absolute Gasteiger partial charge is 0.267 e. The molecule has 1 amide bonds. The maximum atomic E-state index is 13.4. The molecular formula is C23H21N3O2S2. The van der Waals surface area contributed by atoms with Gasteiger partial charge in [-0.2, -0.15) is 0 Å². The van der Waals surface area contributed by atoms with Gasteiger partial charge in [-0.3, -0.25) is 14.2 Å². The van der Waals surface area contributed by atoms with E-state index in [9.17, 15) is 9.59 Å². The number of rotatable bonds is 6. The Morgan fingerprint density at radius 3 is 2.43 bits per heavy atom. The summed E-state index contributed by atoms with van der Waals surface area (Å²) in [6.07, 6.45) is 0. The number of nitrogens with one attached hydrogen (secondary N) is 1. The van der Waals surface area contributed by atoms with Gasteiger partial charge in [0.25, 0.3) is 5.56 Å². The average Bonchev–Trinajstić information content (AvgIpc) is 3.18. The molecule has 2 aromatic heterocycles. The van der Waals surface area contributed by atoms with Gasteiger partial charge in [-0.1, -0.05) is 60.3 Å². The number of hydrogen-bond donors (Lipinski definition) is 1. The zero-order chi connectivity index (χ0) is 21.1. The second-order valence-corrected chi connectivity index (χ2v) is 9.05. The standard InChI is InChI=1S/C23H21N3O2S2/c1-15(2)24-20(27)14-29-23-25-21-18(13-19(30-21)16-9-5-3-6-10-16)22(28)26(23)17-11-7-4-8-12-17/h3-13,15H,14H2,1-2H3,(H,24,27). The van der Waals surface area contributed by atoms with E-state index in [1.807, 2.05) is 80.6 Å². The Hall–Kier alpha value is -2.90. The van der Waals surface area contributed by atoms with Crippen molar-refractivity contribution in [1.82, 2.24) is 14.9 Å². The highest BCUT2D eigenvalue weighted by atomic mass is 32.2. The Bertz CT molecular complexity index is 1230. The first-order chi connectivity index (χ1) is 14.5. The molecule has 152 valence electrons. The highest BCUT2D eigenvalue weighted by Gasteiger charge is 2.17. The van der Waals surface area contributed by atoms with Crippen molar-refractivity contribution in [3.63, 3.8) is 0 Å². The second-order valence-electron chi connectivity index (χ2n) is 7.08. The minimum absolute atomic E-state index is 0.0654. The van der Waals surface area contributed by atoms with E-state index in [0.29, 0.717) is 15.4 Å². The van der Waals surface area contributed by atoms with Crippen molar-refractivity contribution in [3.8, 4) is 16.1 Å². The molecule has 7 heteroatoms. The van der Waals surface area contributed by atoms with Crippen molar-refractivity contribution in [2.75, 3.05) is 5.75 Å². The van der Waals surface area contributed by atoms with E-state index < -0.39 is 0 Å². The van der Waals surface area contributed by atoms with Gasteiger partial charge in [0.05, 0.1) is 16.8 Å². The van der Waals surface area contributed by atoms with Gasteiger partial charge in [0, 0.05) is 10.9 Å². The normalized spacial score (nSPS) is 11.2. The zero-order valence-corrected chi connectivity index (χ0v) is 18.3. The molecule has 0 unspecified atom stereocenters. The number of carbonyl (C=O) groups excluding carboxylic acids is 1. The van der Waals surface area contributed by atoms with Crippen molar-refractivity contribution >= 4 is 39.2 Å². The number of carbonyl (C=O) groups is 1. The lowest BCUT2D eigenvalue weighted by atomic mass is 10.2.